The van der Waals surface area contributed by atoms with E-state index in [9.17, 15) is 14.9 Å². The Kier molecular flexibility index (Phi) is 6.73. The predicted molar refractivity (Wildman–Crippen MR) is 118 cm³/mol. The van der Waals surface area contributed by atoms with Crippen molar-refractivity contribution in [1.82, 2.24) is 14.9 Å². The number of carbonyl (C=O) groups excluding carboxylic acids is 1. The van der Waals surface area contributed by atoms with Crippen LogP contribution < -0.4 is 19.7 Å². The number of piperazine rings is 1. The van der Waals surface area contributed by atoms with Crippen LogP contribution in [0.3, 0.4) is 0 Å². The number of hydrogen-bond acceptors (Lipinski definition) is 11. The second-order valence-electron chi connectivity index (χ2n) is 7.99. The normalized spacial score (nSPS) is 15.5. The third-order valence-electron chi connectivity index (χ3n) is 5.27. The Morgan fingerprint density at radius 1 is 1.21 bits per heavy atom. The summed E-state index contributed by atoms with van der Waals surface area (Å²) in [7, 11) is 0. The molecule has 0 unspecified atom stereocenters. The molecule has 0 bridgehead atoms. The summed E-state index contributed by atoms with van der Waals surface area (Å²) in [6, 6.07) is 5.90. The van der Waals surface area contributed by atoms with Crippen LogP contribution in [0.2, 0.25) is 0 Å². The maximum Gasteiger partial charge on any atom is 0.353 e. The fourth-order valence-electron chi connectivity index (χ4n) is 3.77. The van der Waals surface area contributed by atoms with E-state index in [0.717, 1.165) is 23.6 Å². The third kappa shape index (κ3) is 5.40. The predicted octanol–water partition coefficient (Wildman–Crippen LogP) is 1.80. The van der Waals surface area contributed by atoms with Gasteiger partial charge >= 0.3 is 11.7 Å². The lowest BCUT2D eigenvalue weighted by atomic mass is 10.1. The van der Waals surface area contributed by atoms with Crippen molar-refractivity contribution in [3.8, 4) is 11.5 Å². The van der Waals surface area contributed by atoms with E-state index in [1.54, 1.807) is 13.8 Å². The molecule has 4 rings (SSSR count). The van der Waals surface area contributed by atoms with Crippen LogP contribution in [0, 0.1) is 10.1 Å². The van der Waals surface area contributed by atoms with Crippen molar-refractivity contribution in [2.75, 3.05) is 49.7 Å². The molecule has 2 aliphatic rings. The van der Waals surface area contributed by atoms with Gasteiger partial charge in [-0.2, -0.15) is 0 Å². The number of hydrogen-bond donors (Lipinski definition) is 1. The Hall–Kier alpha value is -3.67. The monoisotopic (exact) mass is 458 g/mol. The van der Waals surface area contributed by atoms with Gasteiger partial charge in [0, 0.05) is 32.7 Å². The number of nitro groups is 1. The summed E-state index contributed by atoms with van der Waals surface area (Å²) in [5.41, 5.74) is 0.861. The van der Waals surface area contributed by atoms with Gasteiger partial charge in [-0.3, -0.25) is 19.8 Å². The molecule has 176 valence electrons. The molecule has 0 radical (unpaired) electrons. The van der Waals surface area contributed by atoms with E-state index in [1.807, 2.05) is 23.1 Å². The maximum atomic E-state index is 11.8. The van der Waals surface area contributed by atoms with Crippen molar-refractivity contribution >= 4 is 23.3 Å². The summed E-state index contributed by atoms with van der Waals surface area (Å²) < 4.78 is 15.9. The van der Waals surface area contributed by atoms with Crippen LogP contribution in [0.4, 0.5) is 17.3 Å². The molecule has 1 fully saturated rings. The van der Waals surface area contributed by atoms with Crippen LogP contribution in [0.5, 0.6) is 11.5 Å². The zero-order valence-electron chi connectivity index (χ0n) is 18.5. The van der Waals surface area contributed by atoms with Gasteiger partial charge in [0.1, 0.15) is 12.9 Å². The van der Waals surface area contributed by atoms with Crippen molar-refractivity contribution in [2.45, 2.75) is 26.5 Å². The number of aromatic nitrogens is 2. The smallest absolute Gasteiger partial charge is 0.353 e. The first-order chi connectivity index (χ1) is 15.9. The maximum absolute atomic E-state index is 11.8. The zero-order valence-corrected chi connectivity index (χ0v) is 18.5. The fraction of sp³-hybridized carbons (Fsp3) is 0.476. The van der Waals surface area contributed by atoms with Crippen molar-refractivity contribution in [2.24, 2.45) is 0 Å². The van der Waals surface area contributed by atoms with Gasteiger partial charge < -0.3 is 24.4 Å². The van der Waals surface area contributed by atoms with Gasteiger partial charge in [0.15, 0.2) is 11.5 Å². The average molecular weight is 458 g/mol. The topological polar surface area (TPSA) is 132 Å². The van der Waals surface area contributed by atoms with Crippen LogP contribution in [0.25, 0.3) is 0 Å². The minimum absolute atomic E-state index is 0.00602. The lowest BCUT2D eigenvalue weighted by Gasteiger charge is -2.35. The average Bonchev–Trinajstić information content (AvgIpc) is 3.25. The molecule has 0 spiro atoms. The highest BCUT2D eigenvalue weighted by molar-refractivity contribution is 5.78. The number of esters is 1. The van der Waals surface area contributed by atoms with E-state index in [-0.39, 0.29) is 36.8 Å². The molecule has 12 heteroatoms. The number of anilines is 2. The van der Waals surface area contributed by atoms with Crippen LogP contribution >= 0.6 is 0 Å². The Bertz CT molecular complexity index is 1020. The van der Waals surface area contributed by atoms with Gasteiger partial charge in [0.25, 0.3) is 0 Å². The van der Waals surface area contributed by atoms with Crippen LogP contribution in [-0.4, -0.2) is 71.4 Å². The number of benzene rings is 1. The summed E-state index contributed by atoms with van der Waals surface area (Å²) in [4.78, 5) is 35.4. The molecular formula is C21H26N6O6. The molecule has 3 heterocycles. The first-order valence-corrected chi connectivity index (χ1v) is 10.7. The molecule has 2 aliphatic heterocycles. The first-order valence-electron chi connectivity index (χ1n) is 10.7. The van der Waals surface area contributed by atoms with E-state index in [4.69, 9.17) is 14.2 Å². The van der Waals surface area contributed by atoms with Crippen molar-refractivity contribution in [3.63, 3.8) is 0 Å². The minimum atomic E-state index is -0.523. The van der Waals surface area contributed by atoms with Crippen LogP contribution in [0.1, 0.15) is 19.4 Å². The lowest BCUT2D eigenvalue weighted by molar-refractivity contribution is -0.383. The molecule has 12 nitrogen and oxygen atoms in total. The van der Waals surface area contributed by atoms with Crippen molar-refractivity contribution < 1.29 is 23.9 Å². The molecule has 2 aromatic rings. The van der Waals surface area contributed by atoms with Gasteiger partial charge in [0.2, 0.25) is 18.4 Å². The largest absolute Gasteiger partial charge is 0.462 e. The Morgan fingerprint density at radius 2 is 1.97 bits per heavy atom. The molecule has 1 saturated heterocycles. The summed E-state index contributed by atoms with van der Waals surface area (Å²) in [6.45, 7) is 6.77. The van der Waals surface area contributed by atoms with E-state index in [2.05, 4.69) is 20.2 Å². The fourth-order valence-corrected chi connectivity index (χ4v) is 3.77. The number of carbonyl (C=O) groups is 1. The standard InChI is InChI=1S/C21H26N6O6/c1-14(2)33-18(28)10-22-20-19(27(29)30)21(24-12-23-20)26-7-5-25(6-8-26)11-15-3-4-16-17(9-15)32-13-31-16/h3-4,9,12,14H,5-8,10-11,13H2,1-2H3,(H,22,23,24). The number of rotatable bonds is 8. The summed E-state index contributed by atoms with van der Waals surface area (Å²) >= 11 is 0. The summed E-state index contributed by atoms with van der Waals surface area (Å²) in [5, 5.41) is 14.5. The molecule has 0 atom stereocenters. The third-order valence-corrected chi connectivity index (χ3v) is 5.27. The van der Waals surface area contributed by atoms with Crippen molar-refractivity contribution in [1.29, 1.82) is 0 Å². The number of fused-ring (bicyclic) bond motifs is 1. The molecule has 1 N–H and O–H groups in total. The second-order valence-corrected chi connectivity index (χ2v) is 7.99. The van der Waals surface area contributed by atoms with Crippen LogP contribution in [0.15, 0.2) is 24.5 Å². The van der Waals surface area contributed by atoms with E-state index in [1.165, 1.54) is 6.33 Å². The van der Waals surface area contributed by atoms with Crippen LogP contribution in [-0.2, 0) is 16.1 Å². The van der Waals surface area contributed by atoms with E-state index in [0.29, 0.717) is 26.2 Å². The number of nitrogens with one attached hydrogen (secondary N) is 1. The van der Waals surface area contributed by atoms with Gasteiger partial charge in [0.05, 0.1) is 11.0 Å². The minimum Gasteiger partial charge on any atom is -0.462 e. The van der Waals surface area contributed by atoms with Gasteiger partial charge in [-0.25, -0.2) is 9.97 Å². The number of ether oxygens (including phenoxy) is 3. The highest BCUT2D eigenvalue weighted by Gasteiger charge is 2.29. The Balaban J connectivity index is 1.40. The zero-order chi connectivity index (χ0) is 23.4. The highest BCUT2D eigenvalue weighted by atomic mass is 16.7. The second kappa shape index (κ2) is 9.86. The van der Waals surface area contributed by atoms with Gasteiger partial charge in [-0.15, -0.1) is 0 Å². The van der Waals surface area contributed by atoms with E-state index >= 15 is 0 Å². The highest BCUT2D eigenvalue weighted by Crippen LogP contribution is 2.34. The van der Waals surface area contributed by atoms with E-state index < -0.39 is 10.9 Å². The Morgan fingerprint density at radius 3 is 2.70 bits per heavy atom. The quantitative estimate of drug-likeness (QED) is 0.353. The summed E-state index contributed by atoms with van der Waals surface area (Å²) in [5.74, 6) is 1.21. The molecular weight excluding hydrogens is 432 g/mol. The van der Waals surface area contributed by atoms with Gasteiger partial charge in [-0.1, -0.05) is 6.07 Å². The molecule has 0 amide bonds. The first kappa shape index (κ1) is 22.5. The SMILES string of the molecule is CC(C)OC(=O)CNc1ncnc(N2CCN(Cc3ccc4c(c3)OCO4)CC2)c1[N+](=O)[O-]. The lowest BCUT2D eigenvalue weighted by Crippen LogP contribution is -2.46. The molecule has 1 aromatic carbocycles. The van der Waals surface area contributed by atoms with Gasteiger partial charge in [-0.05, 0) is 31.5 Å². The summed E-state index contributed by atoms with van der Waals surface area (Å²) in [6.07, 6.45) is 0.987. The molecule has 0 aliphatic carbocycles. The Labute approximate surface area is 190 Å². The molecule has 0 saturated carbocycles. The number of nitrogens with zero attached hydrogens (tertiary/aromatic N) is 5. The molecule has 1 aromatic heterocycles. The molecule has 33 heavy (non-hydrogen) atoms. The van der Waals surface area contributed by atoms with Crippen molar-refractivity contribution in [3.05, 3.63) is 40.2 Å².